The lowest BCUT2D eigenvalue weighted by Crippen LogP contribution is -2.36. The van der Waals surface area contributed by atoms with E-state index in [-0.39, 0.29) is 42.6 Å². The summed E-state index contributed by atoms with van der Waals surface area (Å²) in [6.45, 7) is -0.860. The summed E-state index contributed by atoms with van der Waals surface area (Å²) < 4.78 is 52.3. The van der Waals surface area contributed by atoms with Gasteiger partial charge in [0.1, 0.15) is 12.3 Å². The Labute approximate surface area is 269 Å². The number of aliphatic hydroxyl groups is 1. The number of phosphoric acid groups is 3. The molecule has 8 atom stereocenters. The molecule has 3 saturated heterocycles. The summed E-state index contributed by atoms with van der Waals surface area (Å²) >= 11 is 1.80. The Morgan fingerprint density at radius 1 is 1.11 bits per heavy atom. The van der Waals surface area contributed by atoms with Gasteiger partial charge in [-0.05, 0) is 12.8 Å². The van der Waals surface area contributed by atoms with Crippen LogP contribution in [-0.4, -0.2) is 94.6 Å². The van der Waals surface area contributed by atoms with Crippen LogP contribution in [0.1, 0.15) is 43.9 Å². The van der Waals surface area contributed by atoms with Crippen molar-refractivity contribution in [1.82, 2.24) is 25.5 Å². The van der Waals surface area contributed by atoms with Gasteiger partial charge < -0.3 is 45.4 Å². The molecule has 1 aromatic rings. The first kappa shape index (κ1) is 37.7. The molecule has 3 aliphatic rings. The van der Waals surface area contributed by atoms with Crippen molar-refractivity contribution in [3.8, 4) is 0 Å². The average Bonchev–Trinajstić information content (AvgIpc) is 3.60. The van der Waals surface area contributed by atoms with Gasteiger partial charge in [0.25, 0.3) is 5.56 Å². The minimum Gasteiger partial charge on any atom is -0.390 e. The van der Waals surface area contributed by atoms with Gasteiger partial charge in [-0.15, -0.1) is 0 Å². The summed E-state index contributed by atoms with van der Waals surface area (Å²) in [4.78, 5) is 86.6. The molecule has 9 N–H and O–H groups in total. The van der Waals surface area contributed by atoms with E-state index < -0.39 is 59.8 Å². The van der Waals surface area contributed by atoms with E-state index >= 15 is 0 Å². The van der Waals surface area contributed by atoms with Gasteiger partial charge in [-0.3, -0.25) is 23.7 Å². The van der Waals surface area contributed by atoms with Gasteiger partial charge >= 0.3 is 35.2 Å². The summed E-state index contributed by atoms with van der Waals surface area (Å²) in [5.41, 5.74) is -1.67. The van der Waals surface area contributed by atoms with Crippen molar-refractivity contribution in [3.63, 3.8) is 0 Å². The van der Waals surface area contributed by atoms with Crippen LogP contribution in [0.5, 0.6) is 0 Å². The number of hydrogen-bond donors (Lipinski definition) is 9. The molecule has 3 fully saturated rings. The first-order valence-electron chi connectivity index (χ1n) is 14.0. The fraction of sp³-hybridized carbons (Fsp3) is 0.636. The summed E-state index contributed by atoms with van der Waals surface area (Å²) in [5, 5.41) is 19.1. The molecule has 0 saturated carbocycles. The number of nitrogens with one attached hydrogen (secondary N) is 4. The number of amides is 3. The van der Waals surface area contributed by atoms with E-state index in [0.29, 0.717) is 18.1 Å². The lowest BCUT2D eigenvalue weighted by Gasteiger charge is -2.19. The number of aromatic amines is 1. The van der Waals surface area contributed by atoms with E-state index in [1.807, 2.05) is 0 Å². The second-order valence-corrected chi connectivity index (χ2v) is 16.3. The lowest BCUT2D eigenvalue weighted by molar-refractivity contribution is -0.121. The minimum absolute atomic E-state index is 0.00508. The fourth-order valence-corrected chi connectivity index (χ4v) is 9.63. The maximum absolute atomic E-state index is 12.4. The average molecular weight is 750 g/mol. The predicted molar refractivity (Wildman–Crippen MR) is 162 cm³/mol. The molecule has 25 heteroatoms. The zero-order valence-corrected chi connectivity index (χ0v) is 27.8. The number of ether oxygens (including phenoxy) is 1. The molecule has 21 nitrogen and oxygen atoms in total. The summed E-state index contributed by atoms with van der Waals surface area (Å²) in [7, 11) is -16.8. The number of unbranched alkanes of at least 4 members (excludes halogenated alkanes) is 1. The van der Waals surface area contributed by atoms with Crippen molar-refractivity contribution in [1.29, 1.82) is 0 Å². The molecule has 0 bridgehead atoms. The number of aliphatic hydroxyl groups excluding tert-OH is 1. The van der Waals surface area contributed by atoms with E-state index in [1.54, 1.807) is 11.8 Å². The number of carbonyl (C=O) groups is 2. The standard InChI is InChI=1S/C22H34N5O16P3S/c28-14-8-18(41-15(14)10-40-45(36,37)43-46(38,39)42-44(33,34)35)27-9-12(20(30)26-22(27)32)4-3-7-23-17(29)6-2-1-5-16-19-13(11-47-16)24-21(31)25-19/h3-4,9,13-16,18-19,28H,1-2,5-8,10-11H2,(H,23,29)(H,36,37)(H,38,39)(H2,24,25,31)(H,26,30,32)(H2,33,34,35)/b4-3+/t13-,14-,15-,16?,18+,19-/m0/s1. The summed E-state index contributed by atoms with van der Waals surface area (Å²) in [5.74, 6) is 0.663. The Bertz CT molecular complexity index is 1610. The Kier molecular flexibility index (Phi) is 12.5. The molecule has 3 aliphatic heterocycles. The van der Waals surface area contributed by atoms with E-state index in [4.69, 9.17) is 14.5 Å². The monoisotopic (exact) mass is 749 g/mol. The highest BCUT2D eigenvalue weighted by Crippen LogP contribution is 2.66. The third-order valence-corrected chi connectivity index (χ3v) is 12.4. The third kappa shape index (κ3) is 11.2. The van der Waals surface area contributed by atoms with Crippen LogP contribution >= 0.6 is 35.2 Å². The Balaban J connectivity index is 1.23. The fourth-order valence-electron chi connectivity index (χ4n) is 5.06. The molecule has 4 rings (SSSR count). The molecule has 1 aromatic heterocycles. The van der Waals surface area contributed by atoms with Crippen LogP contribution in [0.4, 0.5) is 4.79 Å². The van der Waals surface area contributed by atoms with Crippen LogP contribution in [0.15, 0.2) is 21.9 Å². The summed E-state index contributed by atoms with van der Waals surface area (Å²) in [6, 6.07) is 0.101. The van der Waals surface area contributed by atoms with Gasteiger partial charge in [0.2, 0.25) is 5.91 Å². The van der Waals surface area contributed by atoms with Crippen molar-refractivity contribution in [2.24, 2.45) is 0 Å². The molecule has 0 radical (unpaired) electrons. The zero-order chi connectivity index (χ0) is 34.6. The number of rotatable bonds is 16. The molecule has 4 heterocycles. The Morgan fingerprint density at radius 2 is 1.85 bits per heavy atom. The Morgan fingerprint density at radius 3 is 2.57 bits per heavy atom. The zero-order valence-electron chi connectivity index (χ0n) is 24.3. The van der Waals surface area contributed by atoms with Crippen molar-refractivity contribution in [3.05, 3.63) is 38.7 Å². The quantitative estimate of drug-likeness (QED) is 0.0578. The molecule has 0 aromatic carbocycles. The van der Waals surface area contributed by atoms with E-state index in [2.05, 4.69) is 34.1 Å². The van der Waals surface area contributed by atoms with Gasteiger partial charge in [0, 0.05) is 36.6 Å². The highest BCUT2D eigenvalue weighted by atomic mass is 32.2. The normalized spacial score (nSPS) is 28.4. The van der Waals surface area contributed by atoms with E-state index in [0.717, 1.165) is 29.4 Å². The first-order valence-corrected chi connectivity index (χ1v) is 19.6. The predicted octanol–water partition coefficient (Wildman–Crippen LogP) is -0.616. The van der Waals surface area contributed by atoms with Gasteiger partial charge in [-0.2, -0.15) is 20.4 Å². The van der Waals surface area contributed by atoms with Crippen LogP contribution < -0.4 is 27.2 Å². The first-order chi connectivity index (χ1) is 21.9. The van der Waals surface area contributed by atoms with Gasteiger partial charge in [-0.25, -0.2) is 23.3 Å². The maximum atomic E-state index is 12.4. The lowest BCUT2D eigenvalue weighted by atomic mass is 10.0. The number of H-pyrrole nitrogens is 1. The number of thioether (sulfide) groups is 1. The largest absolute Gasteiger partial charge is 0.490 e. The van der Waals surface area contributed by atoms with Crippen molar-refractivity contribution in [2.75, 3.05) is 18.9 Å². The molecule has 264 valence electrons. The van der Waals surface area contributed by atoms with Crippen LogP contribution in [0.25, 0.3) is 6.08 Å². The molecular weight excluding hydrogens is 715 g/mol. The van der Waals surface area contributed by atoms with Crippen molar-refractivity contribution < 1.29 is 65.8 Å². The molecule has 3 unspecified atom stereocenters. The van der Waals surface area contributed by atoms with Gasteiger partial charge in [0.05, 0.1) is 30.4 Å². The van der Waals surface area contributed by atoms with Gasteiger partial charge in [0.15, 0.2) is 0 Å². The SMILES string of the molecule is O=C(CCCCC1SC[C@@H]2NC(=O)N[C@H]12)NC/C=C/c1cn([C@H]2C[C@H](O)[C@H](COP(=O)(O)OP(=O)(O)OP(=O)(O)O)O2)c(=O)[nH]c1=O. The number of carbonyl (C=O) groups excluding carboxylic acids is 2. The number of aromatic nitrogens is 2. The molecule has 0 spiro atoms. The smallest absolute Gasteiger partial charge is 0.390 e. The number of phosphoric ester groups is 1. The van der Waals surface area contributed by atoms with E-state index in [9.17, 15) is 47.8 Å². The molecular formula is C22H34N5O16P3S. The van der Waals surface area contributed by atoms with Crippen molar-refractivity contribution in [2.45, 2.75) is 67.9 Å². The van der Waals surface area contributed by atoms with E-state index in [1.165, 1.54) is 12.2 Å². The highest BCUT2D eigenvalue weighted by molar-refractivity contribution is 8.00. The summed E-state index contributed by atoms with van der Waals surface area (Å²) in [6.07, 6.45) is 2.34. The minimum atomic E-state index is -5.75. The number of nitrogens with zero attached hydrogens (tertiary/aromatic N) is 1. The number of hydrogen-bond acceptors (Lipinski definition) is 13. The van der Waals surface area contributed by atoms with Crippen molar-refractivity contribution >= 4 is 53.2 Å². The molecule has 0 aliphatic carbocycles. The van der Waals surface area contributed by atoms with Crippen LogP contribution in [0.3, 0.4) is 0 Å². The molecule has 47 heavy (non-hydrogen) atoms. The Hall–Kier alpha value is -2.16. The second-order valence-electron chi connectivity index (χ2n) is 10.6. The van der Waals surface area contributed by atoms with Crippen LogP contribution in [-0.2, 0) is 36.4 Å². The third-order valence-electron chi connectivity index (χ3n) is 7.12. The topological polar surface area (TPSA) is 314 Å². The van der Waals surface area contributed by atoms with Crippen LogP contribution in [0, 0.1) is 0 Å². The number of urea groups is 1. The van der Waals surface area contributed by atoms with Gasteiger partial charge in [-0.1, -0.05) is 18.6 Å². The second kappa shape index (κ2) is 15.6. The molecule has 3 amide bonds. The highest BCUT2D eigenvalue weighted by Gasteiger charge is 2.44. The van der Waals surface area contributed by atoms with Crippen LogP contribution in [0.2, 0.25) is 0 Å². The maximum Gasteiger partial charge on any atom is 0.490 e. The number of fused-ring (bicyclic) bond motifs is 1.